The van der Waals surface area contributed by atoms with Gasteiger partial charge >= 0.3 is 6.18 Å². The predicted octanol–water partition coefficient (Wildman–Crippen LogP) is 4.35. The molecule has 35 heavy (non-hydrogen) atoms. The molecular weight excluding hydrogens is 463 g/mol. The van der Waals surface area contributed by atoms with Crippen molar-refractivity contribution in [2.45, 2.75) is 39.0 Å². The third kappa shape index (κ3) is 4.47. The Morgan fingerprint density at radius 1 is 1.23 bits per heavy atom. The lowest BCUT2D eigenvalue weighted by molar-refractivity contribution is -0.142. The van der Waals surface area contributed by atoms with E-state index in [1.807, 2.05) is 26.0 Å². The second-order valence-electron chi connectivity index (χ2n) is 8.68. The van der Waals surface area contributed by atoms with Gasteiger partial charge in [0.1, 0.15) is 12.3 Å². The third-order valence-electron chi connectivity index (χ3n) is 6.21. The number of hydrogen-bond donors (Lipinski definition) is 0. The van der Waals surface area contributed by atoms with E-state index in [-0.39, 0.29) is 11.8 Å². The summed E-state index contributed by atoms with van der Waals surface area (Å²) in [4.78, 5) is 24.3. The molecule has 0 aromatic carbocycles. The van der Waals surface area contributed by atoms with Crippen LogP contribution in [0.3, 0.4) is 0 Å². The number of amides is 1. The summed E-state index contributed by atoms with van der Waals surface area (Å²) >= 11 is 0. The number of alkyl halides is 3. The average Bonchev–Trinajstić information content (AvgIpc) is 3.53. The SMILES string of the molecule is CCOc1cncc(-c2cc(C)c3c(n2)[C@H](C2CCOC2)N(c2cnn(CC(F)(F)F)c2)C3=O)c1. The zero-order chi connectivity index (χ0) is 24.7. The number of aryl methyl sites for hydroxylation is 1. The fraction of sp³-hybridized carbons (Fsp3) is 0.417. The van der Waals surface area contributed by atoms with E-state index in [2.05, 4.69) is 10.1 Å². The van der Waals surface area contributed by atoms with E-state index in [0.717, 1.165) is 15.8 Å². The quantitative estimate of drug-likeness (QED) is 0.514. The second-order valence-corrected chi connectivity index (χ2v) is 8.68. The Bertz CT molecular complexity index is 1250. The molecule has 5 heterocycles. The van der Waals surface area contributed by atoms with Gasteiger partial charge in [-0.05, 0) is 38.0 Å². The van der Waals surface area contributed by atoms with Crippen LogP contribution in [0.4, 0.5) is 18.9 Å². The summed E-state index contributed by atoms with van der Waals surface area (Å²) in [5, 5.41) is 3.85. The highest BCUT2D eigenvalue weighted by Crippen LogP contribution is 2.45. The molecule has 0 spiro atoms. The van der Waals surface area contributed by atoms with Gasteiger partial charge in [0.15, 0.2) is 0 Å². The lowest BCUT2D eigenvalue weighted by Gasteiger charge is -2.27. The molecular formula is C24H24F3N5O3. The van der Waals surface area contributed by atoms with Crippen LogP contribution < -0.4 is 9.64 Å². The summed E-state index contributed by atoms with van der Waals surface area (Å²) in [6.07, 6.45) is 2.14. The molecule has 0 saturated carbocycles. The van der Waals surface area contributed by atoms with Gasteiger partial charge in [-0.1, -0.05) is 0 Å². The summed E-state index contributed by atoms with van der Waals surface area (Å²) in [6.45, 7) is 3.96. The Labute approximate surface area is 199 Å². The Morgan fingerprint density at radius 2 is 2.06 bits per heavy atom. The van der Waals surface area contributed by atoms with Crippen molar-refractivity contribution in [2.75, 3.05) is 24.7 Å². The summed E-state index contributed by atoms with van der Waals surface area (Å²) in [5.41, 5.74) is 3.46. The van der Waals surface area contributed by atoms with Gasteiger partial charge in [0.25, 0.3) is 5.91 Å². The number of aromatic nitrogens is 4. The van der Waals surface area contributed by atoms with Crippen molar-refractivity contribution in [2.24, 2.45) is 5.92 Å². The molecule has 8 nitrogen and oxygen atoms in total. The van der Waals surface area contributed by atoms with E-state index in [1.54, 1.807) is 12.4 Å². The smallest absolute Gasteiger partial charge is 0.408 e. The van der Waals surface area contributed by atoms with E-state index in [9.17, 15) is 18.0 Å². The first-order valence-corrected chi connectivity index (χ1v) is 11.4. The molecule has 1 fully saturated rings. The Morgan fingerprint density at radius 3 is 2.77 bits per heavy atom. The first kappa shape index (κ1) is 23.3. The Kier molecular flexibility index (Phi) is 5.96. The van der Waals surface area contributed by atoms with Crippen molar-refractivity contribution >= 4 is 11.6 Å². The highest BCUT2D eigenvalue weighted by molar-refractivity contribution is 6.11. The molecule has 184 valence electrons. The van der Waals surface area contributed by atoms with E-state index < -0.39 is 18.8 Å². The fourth-order valence-corrected chi connectivity index (χ4v) is 4.77. The number of rotatable bonds is 6. The predicted molar refractivity (Wildman–Crippen MR) is 120 cm³/mol. The van der Waals surface area contributed by atoms with Gasteiger partial charge in [-0.2, -0.15) is 18.3 Å². The zero-order valence-corrected chi connectivity index (χ0v) is 19.2. The monoisotopic (exact) mass is 487 g/mol. The van der Waals surface area contributed by atoms with Crippen molar-refractivity contribution in [1.82, 2.24) is 19.7 Å². The number of halogens is 3. The Hall–Kier alpha value is -3.47. The molecule has 1 saturated heterocycles. The first-order chi connectivity index (χ1) is 16.7. The van der Waals surface area contributed by atoms with Gasteiger partial charge in [0, 0.05) is 30.5 Å². The molecule has 2 aliphatic heterocycles. The highest BCUT2D eigenvalue weighted by Gasteiger charge is 2.46. The van der Waals surface area contributed by atoms with E-state index >= 15 is 0 Å². The Balaban J connectivity index is 1.58. The van der Waals surface area contributed by atoms with Crippen molar-refractivity contribution in [3.8, 4) is 17.0 Å². The fourth-order valence-electron chi connectivity index (χ4n) is 4.77. The molecule has 0 radical (unpaired) electrons. The zero-order valence-electron chi connectivity index (χ0n) is 19.2. The van der Waals surface area contributed by atoms with Crippen LogP contribution in [0.25, 0.3) is 11.3 Å². The largest absolute Gasteiger partial charge is 0.492 e. The maximum absolute atomic E-state index is 13.6. The average molecular weight is 487 g/mol. The first-order valence-electron chi connectivity index (χ1n) is 11.4. The lowest BCUT2D eigenvalue weighted by atomic mass is 9.93. The molecule has 2 atom stereocenters. The molecule has 11 heteroatoms. The maximum atomic E-state index is 13.6. The summed E-state index contributed by atoms with van der Waals surface area (Å²) in [7, 11) is 0. The second kappa shape index (κ2) is 8.95. The molecule has 1 amide bonds. The topological polar surface area (TPSA) is 82.4 Å². The highest BCUT2D eigenvalue weighted by atomic mass is 19.4. The molecule has 1 unspecified atom stereocenters. The van der Waals surface area contributed by atoms with Crippen LogP contribution in [0.15, 0.2) is 36.9 Å². The van der Waals surface area contributed by atoms with Crippen molar-refractivity contribution in [3.05, 3.63) is 53.7 Å². The van der Waals surface area contributed by atoms with Crippen LogP contribution >= 0.6 is 0 Å². The van der Waals surface area contributed by atoms with Crippen LogP contribution in [0.2, 0.25) is 0 Å². The van der Waals surface area contributed by atoms with Crippen LogP contribution in [-0.4, -0.2) is 51.7 Å². The van der Waals surface area contributed by atoms with Crippen LogP contribution in [0.5, 0.6) is 5.75 Å². The molecule has 5 rings (SSSR count). The van der Waals surface area contributed by atoms with Crippen LogP contribution in [-0.2, 0) is 11.3 Å². The minimum Gasteiger partial charge on any atom is -0.492 e. The van der Waals surface area contributed by atoms with Gasteiger partial charge < -0.3 is 9.47 Å². The third-order valence-corrected chi connectivity index (χ3v) is 6.21. The number of fused-ring (bicyclic) bond motifs is 1. The number of ether oxygens (including phenoxy) is 2. The van der Waals surface area contributed by atoms with Gasteiger partial charge in [-0.25, -0.2) is 4.98 Å². The standard InChI is InChI=1S/C24H24F3N5O3/c1-3-35-18-7-16(8-28-10-18)19-6-14(2)20-21(30-19)22(15-4-5-34-12-15)32(23(20)33)17-9-29-31(11-17)13-24(25,26)27/h6-11,15,22H,3-5,12-13H2,1-2H3/t15?,22-/m0/s1. The van der Waals surface area contributed by atoms with Crippen molar-refractivity contribution in [1.29, 1.82) is 0 Å². The molecule has 0 N–H and O–H groups in total. The number of anilines is 1. The van der Waals surface area contributed by atoms with Gasteiger partial charge in [-0.3, -0.25) is 19.4 Å². The van der Waals surface area contributed by atoms with E-state index in [4.69, 9.17) is 14.5 Å². The normalized spacial score (nSPS) is 19.9. The van der Waals surface area contributed by atoms with Crippen LogP contribution in [0.1, 0.15) is 41.0 Å². The van der Waals surface area contributed by atoms with Gasteiger partial charge in [0.05, 0.1) is 54.3 Å². The summed E-state index contributed by atoms with van der Waals surface area (Å²) < 4.78 is 50.6. The number of nitrogens with zero attached hydrogens (tertiary/aromatic N) is 5. The maximum Gasteiger partial charge on any atom is 0.408 e. The molecule has 0 aliphatic carbocycles. The number of pyridine rings is 2. The van der Waals surface area contributed by atoms with Crippen molar-refractivity contribution in [3.63, 3.8) is 0 Å². The van der Waals surface area contributed by atoms with Gasteiger partial charge in [0.2, 0.25) is 0 Å². The lowest BCUT2D eigenvalue weighted by Crippen LogP contribution is -2.32. The number of carbonyl (C=O) groups excluding carboxylic acids is 1. The minimum atomic E-state index is -4.42. The van der Waals surface area contributed by atoms with Crippen LogP contribution in [0, 0.1) is 12.8 Å². The minimum absolute atomic E-state index is 0.0544. The van der Waals surface area contributed by atoms with Gasteiger partial charge in [-0.15, -0.1) is 0 Å². The number of carbonyl (C=O) groups is 1. The summed E-state index contributed by atoms with van der Waals surface area (Å²) in [5.74, 6) is 0.253. The molecule has 3 aromatic rings. The molecule has 2 aliphatic rings. The molecule has 0 bridgehead atoms. The van der Waals surface area contributed by atoms with E-state index in [1.165, 1.54) is 17.3 Å². The summed E-state index contributed by atoms with van der Waals surface area (Å²) in [6, 6.07) is 3.18. The molecule has 3 aromatic heterocycles. The van der Waals surface area contributed by atoms with E-state index in [0.29, 0.717) is 54.6 Å². The number of hydrogen-bond acceptors (Lipinski definition) is 6. The van der Waals surface area contributed by atoms with Crippen molar-refractivity contribution < 1.29 is 27.4 Å².